The Morgan fingerprint density at radius 3 is 0.949 bits per heavy atom. The first-order valence-electron chi connectivity index (χ1n) is 27.3. The van der Waals surface area contributed by atoms with Crippen molar-refractivity contribution in [1.29, 1.82) is 0 Å². The number of benzene rings is 10. The van der Waals surface area contributed by atoms with E-state index in [1.165, 1.54) is 42.3 Å². The molecule has 12 rings (SSSR count). The molecular weight excluding hydrogens is 1060 g/mol. The van der Waals surface area contributed by atoms with Crippen molar-refractivity contribution in [2.45, 2.75) is 90.7 Å². The van der Waals surface area contributed by atoms with E-state index in [0.717, 1.165) is 76.5 Å². The van der Waals surface area contributed by atoms with E-state index in [4.69, 9.17) is 21.3 Å². The summed E-state index contributed by atoms with van der Waals surface area (Å²) < 4.78 is 38.6. The molecule has 2 heterocycles. The first kappa shape index (κ1) is 52.5. The largest absolute Gasteiger partial charge is 0.408 e. The average molecular weight is 1130 g/mol. The van der Waals surface area contributed by atoms with Crippen LogP contribution in [0.25, 0.3) is 87.0 Å². The number of fused-ring (bicyclic) bond motifs is 14. The third-order valence-corrected chi connectivity index (χ3v) is 25.7. The second-order valence-corrected chi connectivity index (χ2v) is 47.5. The fourth-order valence-corrected chi connectivity index (χ4v) is 20.2. The molecule has 0 saturated heterocycles. The number of nitrogens with one attached hydrogen (secondary N) is 1. The van der Waals surface area contributed by atoms with Gasteiger partial charge in [0.15, 0.2) is 0 Å². The molecule has 394 valence electrons. The summed E-state index contributed by atoms with van der Waals surface area (Å²) in [6.45, 7) is 29.0. The maximum Gasteiger partial charge on any atom is 0.388 e. The summed E-state index contributed by atoms with van der Waals surface area (Å²) in [4.78, 5) is 0. The van der Waals surface area contributed by atoms with Crippen LogP contribution in [0, 0.1) is 0 Å². The van der Waals surface area contributed by atoms with Gasteiger partial charge in [0.1, 0.15) is 28.4 Å². The van der Waals surface area contributed by atoms with Crippen LogP contribution < -0.4 is 30.4 Å². The summed E-state index contributed by atoms with van der Waals surface area (Å²) in [5.41, 5.74) is 5.51. The Hall–Kier alpha value is -6.17. The molecule has 0 radical (unpaired) electrons. The first-order chi connectivity index (χ1) is 37.2. The molecule has 78 heavy (non-hydrogen) atoms. The summed E-state index contributed by atoms with van der Waals surface area (Å²) >= 11 is 0. The van der Waals surface area contributed by atoms with Crippen LogP contribution in [0.2, 0.25) is 78.6 Å². The maximum atomic E-state index is 7.83. The highest BCUT2D eigenvalue weighted by atomic mass is 31.1. The molecular formula is C66H69NO5P2Si4. The van der Waals surface area contributed by atoms with Gasteiger partial charge in [-0.3, -0.25) is 4.52 Å². The van der Waals surface area contributed by atoms with Crippen LogP contribution >= 0.6 is 16.4 Å². The summed E-state index contributed by atoms with van der Waals surface area (Å²) in [5, 5.41) is 22.9. The van der Waals surface area contributed by atoms with Gasteiger partial charge in [-0.15, -0.1) is 0 Å². The second kappa shape index (κ2) is 19.9. The van der Waals surface area contributed by atoms with Gasteiger partial charge in [0.2, 0.25) is 0 Å². The van der Waals surface area contributed by atoms with Crippen molar-refractivity contribution in [3.8, 4) is 0 Å². The highest BCUT2D eigenvalue weighted by Crippen LogP contribution is 2.48. The van der Waals surface area contributed by atoms with Gasteiger partial charge in [-0.25, -0.2) is 5.09 Å². The lowest BCUT2D eigenvalue weighted by molar-refractivity contribution is 0.237. The van der Waals surface area contributed by atoms with Gasteiger partial charge in [-0.1, -0.05) is 261 Å². The van der Waals surface area contributed by atoms with Crippen LogP contribution in [-0.4, -0.2) is 32.3 Å². The van der Waals surface area contributed by atoms with Crippen LogP contribution in [0.4, 0.5) is 0 Å². The number of rotatable bonds is 11. The van der Waals surface area contributed by atoms with Gasteiger partial charge in [0.05, 0.1) is 38.3 Å². The molecule has 6 nitrogen and oxygen atoms in total. The predicted octanol–water partition coefficient (Wildman–Crippen LogP) is 18.8. The van der Waals surface area contributed by atoms with E-state index in [9.17, 15) is 0 Å². The Kier molecular flexibility index (Phi) is 13.4. The van der Waals surface area contributed by atoms with E-state index >= 15 is 0 Å². The van der Waals surface area contributed by atoms with Crippen LogP contribution in [0.3, 0.4) is 0 Å². The van der Waals surface area contributed by atoms with Gasteiger partial charge in [-0.05, 0) is 75.0 Å². The molecule has 0 bridgehead atoms. The van der Waals surface area contributed by atoms with Gasteiger partial charge in [-0.2, -0.15) is 0 Å². The number of hydrogen-bond donors (Lipinski definition) is 1. The van der Waals surface area contributed by atoms with E-state index in [2.05, 4.69) is 266 Å². The van der Waals surface area contributed by atoms with Crippen molar-refractivity contribution in [2.75, 3.05) is 5.09 Å². The van der Waals surface area contributed by atoms with Gasteiger partial charge >= 0.3 is 16.4 Å². The van der Waals surface area contributed by atoms with Crippen molar-refractivity contribution in [3.05, 3.63) is 193 Å². The molecule has 0 aliphatic carbocycles. The van der Waals surface area contributed by atoms with E-state index < -0.39 is 60.8 Å². The Bertz CT molecular complexity index is 3890. The van der Waals surface area contributed by atoms with Crippen molar-refractivity contribution in [2.24, 2.45) is 0 Å². The molecule has 1 N–H and O–H groups in total. The lowest BCUT2D eigenvalue weighted by atomic mass is 9.97. The summed E-state index contributed by atoms with van der Waals surface area (Å²) in [6, 6.07) is 65.5. The van der Waals surface area contributed by atoms with E-state index in [1.54, 1.807) is 0 Å². The molecule has 0 amide bonds. The first-order valence-corrected chi connectivity index (χ1v) is 43.6. The monoisotopic (exact) mass is 1130 g/mol. The zero-order valence-electron chi connectivity index (χ0n) is 46.9. The Morgan fingerprint density at radius 2 is 0.628 bits per heavy atom. The van der Waals surface area contributed by atoms with Crippen molar-refractivity contribution in [1.82, 2.24) is 0 Å². The van der Waals surface area contributed by atoms with Crippen molar-refractivity contribution >= 4 is 156 Å². The predicted molar refractivity (Wildman–Crippen MR) is 349 cm³/mol. The summed E-state index contributed by atoms with van der Waals surface area (Å²) in [7, 11) is -12.5. The average Bonchev–Trinajstić information content (AvgIpc) is 3.79. The van der Waals surface area contributed by atoms with Crippen LogP contribution in [0.15, 0.2) is 199 Å². The molecule has 10 aromatic carbocycles. The fourth-order valence-electron chi connectivity index (χ4n) is 11.5. The Morgan fingerprint density at radius 1 is 0.346 bits per heavy atom. The highest BCUT2D eigenvalue weighted by molar-refractivity contribution is 7.38. The van der Waals surface area contributed by atoms with E-state index in [0.29, 0.717) is 0 Å². The summed E-state index contributed by atoms with van der Waals surface area (Å²) in [6.07, 6.45) is -0.658. The second-order valence-electron chi connectivity index (χ2n) is 25.2. The van der Waals surface area contributed by atoms with Gasteiger partial charge < -0.3 is 16.8 Å². The smallest absolute Gasteiger partial charge is 0.388 e. The van der Waals surface area contributed by atoms with Gasteiger partial charge in [0.25, 0.3) is 0 Å². The van der Waals surface area contributed by atoms with Crippen LogP contribution in [0.5, 0.6) is 0 Å². The molecule has 12 aromatic rings. The molecule has 2 aromatic heterocycles. The molecule has 12 heteroatoms. The minimum absolute atomic E-state index is 0.519. The standard InChI is InChI=1S/C66H69NO5P2Si4/c1-75(2,3)53-39-45-31-19-23-35-49(45)57-58-50-36-24-20-32-46(50)40-54(76(4,5)6)64(58)69-73(68-63(53)57)67-61(43-27-15-13-16-28-43)62(44-29-17-14-18-30-44)70-74-71-65-55(77(7,8)9)41-47-33-21-25-37-51(47)59(65)60-52-38-26-22-34-48(52)42-56(66(60)72-74)78(10,11)12/h13-42,61-62,67H,1-12H3/t61-,62+/m1/s1. The third-order valence-electron chi connectivity index (χ3n) is 15.5. The zero-order valence-corrected chi connectivity index (χ0v) is 52.7. The molecule has 2 atom stereocenters. The van der Waals surface area contributed by atoms with Gasteiger partial charge in [0, 0.05) is 21.5 Å². The van der Waals surface area contributed by atoms with E-state index in [-0.39, 0.29) is 0 Å². The zero-order chi connectivity index (χ0) is 54.5. The fraction of sp³-hybridized carbons (Fsp3) is 0.212. The molecule has 0 fully saturated rings. The quantitative estimate of drug-likeness (QED) is 0.130. The number of hydrogen-bond acceptors (Lipinski definition) is 6. The highest BCUT2D eigenvalue weighted by Gasteiger charge is 2.35. The van der Waals surface area contributed by atoms with Crippen LogP contribution in [-0.2, 0) is 0 Å². The molecule has 0 spiro atoms. The van der Waals surface area contributed by atoms with E-state index in [1.807, 2.05) is 0 Å². The molecule has 0 unspecified atom stereocenters. The molecule has 0 saturated carbocycles. The minimum Gasteiger partial charge on any atom is -0.408 e. The normalized spacial score (nSPS) is 13.6. The van der Waals surface area contributed by atoms with Crippen LogP contribution in [0.1, 0.15) is 23.3 Å². The Balaban J connectivity index is 1.20. The lowest BCUT2D eigenvalue weighted by Crippen LogP contribution is -2.38. The van der Waals surface area contributed by atoms with Crippen molar-refractivity contribution in [3.63, 3.8) is 0 Å². The maximum absolute atomic E-state index is 7.83. The topological polar surface area (TPSA) is 73.8 Å². The molecule has 0 aliphatic heterocycles. The summed E-state index contributed by atoms with van der Waals surface area (Å²) in [5.74, 6) is 0. The molecule has 0 aliphatic rings. The minimum atomic E-state index is -2.15. The lowest BCUT2D eigenvalue weighted by Gasteiger charge is -2.27. The Labute approximate surface area is 463 Å². The third kappa shape index (κ3) is 9.58. The SMILES string of the molecule is C[Si](C)(C)c1cc2ccccc2c2c1op(N[C@H](c1ccccc1)[C@@H](Op1oc3c([Si](C)(C)C)cc4ccccc4c3c3c(o1)c([Si](C)(C)C)cc1ccccc13)c1ccccc1)oc1c([Si](C)(C)C)cc3ccccc3c12. The van der Waals surface area contributed by atoms with Crippen molar-refractivity contribution < 1.29 is 21.3 Å².